The molecule has 0 spiro atoms. The molecule has 1 unspecified atom stereocenters. The monoisotopic (exact) mass is 378 g/mol. The van der Waals surface area contributed by atoms with Crippen LogP contribution in [0.4, 0.5) is 0 Å². The van der Waals surface area contributed by atoms with Gasteiger partial charge in [-0.2, -0.15) is 0 Å². The fourth-order valence-corrected chi connectivity index (χ4v) is 1.29. The van der Waals surface area contributed by atoms with Crippen molar-refractivity contribution in [2.45, 2.75) is 33.2 Å². The molecule has 0 heterocycles. The van der Waals surface area contributed by atoms with Gasteiger partial charge in [0.2, 0.25) is 10.0 Å². The van der Waals surface area contributed by atoms with Crippen LogP contribution in [-0.2, 0) is 10.0 Å². The van der Waals surface area contributed by atoms with Gasteiger partial charge >= 0.3 is 0 Å². The first-order valence-electron chi connectivity index (χ1n) is 5.44. The highest BCUT2D eigenvalue weighted by atomic mass is 127. The van der Waals surface area contributed by atoms with Crippen LogP contribution in [0.5, 0.6) is 0 Å². The molecular formula is C9H23IN4O2S. The van der Waals surface area contributed by atoms with Gasteiger partial charge in [0.25, 0.3) is 0 Å². The molecule has 0 aromatic carbocycles. The van der Waals surface area contributed by atoms with Crippen molar-refractivity contribution in [2.24, 2.45) is 10.1 Å². The summed E-state index contributed by atoms with van der Waals surface area (Å²) in [5.41, 5.74) is 0. The molecule has 0 bridgehead atoms. The van der Waals surface area contributed by atoms with E-state index in [0.717, 1.165) is 13.0 Å². The summed E-state index contributed by atoms with van der Waals surface area (Å²) in [6.07, 6.45) is 0.972. The fraction of sp³-hybridized carbons (Fsp3) is 0.889. The Hall–Kier alpha value is -0.0900. The van der Waals surface area contributed by atoms with Crippen LogP contribution in [0.25, 0.3) is 0 Å². The zero-order valence-electron chi connectivity index (χ0n) is 10.6. The third-order valence-electron chi connectivity index (χ3n) is 1.99. The molecule has 17 heavy (non-hydrogen) atoms. The Balaban J connectivity index is 0. The van der Waals surface area contributed by atoms with Gasteiger partial charge in [-0.05, 0) is 20.3 Å². The average Bonchev–Trinajstić information content (AvgIpc) is 2.15. The van der Waals surface area contributed by atoms with E-state index >= 15 is 0 Å². The summed E-state index contributed by atoms with van der Waals surface area (Å²) in [6, 6.07) is 0.298. The lowest BCUT2D eigenvalue weighted by Crippen LogP contribution is -2.42. The number of halogens is 1. The molecule has 0 aromatic rings. The van der Waals surface area contributed by atoms with E-state index in [9.17, 15) is 8.42 Å². The second-order valence-corrected chi connectivity index (χ2v) is 5.32. The molecule has 0 aromatic heterocycles. The van der Waals surface area contributed by atoms with Crippen LogP contribution in [0.2, 0.25) is 0 Å². The summed E-state index contributed by atoms with van der Waals surface area (Å²) in [5, 5.41) is 11.1. The Bertz CT molecular complexity index is 319. The van der Waals surface area contributed by atoms with Crippen LogP contribution in [0.15, 0.2) is 4.99 Å². The molecule has 0 aliphatic carbocycles. The van der Waals surface area contributed by atoms with Crippen LogP contribution in [0.3, 0.4) is 0 Å². The standard InChI is InChI=1S/C9H22N4O2S.HI/c1-4-8(3)13-9(11-5-2)12-6-7-16(10,14)15;/h8H,4-7H2,1-3H3,(H2,10,14,15)(H2,11,12,13);1H. The van der Waals surface area contributed by atoms with Crippen LogP contribution in [-0.4, -0.2) is 39.3 Å². The zero-order chi connectivity index (χ0) is 12.6. The minimum absolute atomic E-state index is 0. The Kier molecular flexibility index (Phi) is 11.2. The molecule has 8 heteroatoms. The zero-order valence-corrected chi connectivity index (χ0v) is 13.7. The Morgan fingerprint density at radius 2 is 2.00 bits per heavy atom. The SMILES string of the molecule is CCNC(=NCCS(N)(=O)=O)NC(C)CC.I. The highest BCUT2D eigenvalue weighted by Crippen LogP contribution is 1.88. The molecular weight excluding hydrogens is 355 g/mol. The van der Waals surface area contributed by atoms with E-state index in [1.54, 1.807) is 0 Å². The van der Waals surface area contributed by atoms with Gasteiger partial charge in [0.15, 0.2) is 5.96 Å². The molecule has 0 rings (SSSR count). The second-order valence-electron chi connectivity index (χ2n) is 3.58. The van der Waals surface area contributed by atoms with Crippen molar-refractivity contribution < 1.29 is 8.42 Å². The smallest absolute Gasteiger partial charge is 0.210 e. The van der Waals surface area contributed by atoms with Crippen molar-refractivity contribution in [3.63, 3.8) is 0 Å². The number of rotatable bonds is 6. The number of primary sulfonamides is 1. The minimum Gasteiger partial charge on any atom is -0.357 e. The number of hydrogen-bond acceptors (Lipinski definition) is 3. The van der Waals surface area contributed by atoms with Crippen LogP contribution in [0.1, 0.15) is 27.2 Å². The van der Waals surface area contributed by atoms with Crippen molar-refractivity contribution in [2.75, 3.05) is 18.8 Å². The van der Waals surface area contributed by atoms with Gasteiger partial charge in [-0.25, -0.2) is 13.6 Å². The van der Waals surface area contributed by atoms with Crippen molar-refractivity contribution in [3.05, 3.63) is 0 Å². The molecule has 0 amide bonds. The fourth-order valence-electron chi connectivity index (χ4n) is 0.940. The number of nitrogens with zero attached hydrogens (tertiary/aromatic N) is 1. The number of aliphatic imine (C=N–C) groups is 1. The number of sulfonamides is 1. The van der Waals surface area contributed by atoms with Gasteiger partial charge in [-0.1, -0.05) is 6.92 Å². The van der Waals surface area contributed by atoms with Gasteiger partial charge in [0, 0.05) is 12.6 Å². The first-order valence-corrected chi connectivity index (χ1v) is 7.16. The topological polar surface area (TPSA) is 96.6 Å². The molecule has 6 nitrogen and oxygen atoms in total. The second kappa shape index (κ2) is 9.89. The van der Waals surface area contributed by atoms with Gasteiger partial charge in [0.05, 0.1) is 12.3 Å². The highest BCUT2D eigenvalue weighted by molar-refractivity contribution is 14.0. The van der Waals surface area contributed by atoms with E-state index in [1.807, 2.05) is 13.8 Å². The van der Waals surface area contributed by atoms with Crippen molar-refractivity contribution in [1.29, 1.82) is 0 Å². The van der Waals surface area contributed by atoms with E-state index < -0.39 is 10.0 Å². The predicted molar refractivity (Wildman–Crippen MR) is 82.3 cm³/mol. The third-order valence-corrected chi connectivity index (χ3v) is 2.74. The van der Waals surface area contributed by atoms with Gasteiger partial charge in [-0.3, -0.25) is 4.99 Å². The minimum atomic E-state index is -3.43. The summed E-state index contributed by atoms with van der Waals surface area (Å²) in [5.74, 6) is 0.491. The van der Waals surface area contributed by atoms with E-state index in [2.05, 4.69) is 22.5 Å². The molecule has 0 saturated carbocycles. The largest absolute Gasteiger partial charge is 0.357 e. The summed E-state index contributed by atoms with van der Waals surface area (Å²) >= 11 is 0. The van der Waals surface area contributed by atoms with Gasteiger partial charge in [-0.15, -0.1) is 24.0 Å². The number of nitrogens with two attached hydrogens (primary N) is 1. The van der Waals surface area contributed by atoms with Crippen LogP contribution in [0, 0.1) is 0 Å². The molecule has 104 valence electrons. The lowest BCUT2D eigenvalue weighted by Gasteiger charge is -2.15. The Morgan fingerprint density at radius 3 is 2.41 bits per heavy atom. The maximum Gasteiger partial charge on any atom is 0.210 e. The van der Waals surface area contributed by atoms with Crippen LogP contribution < -0.4 is 15.8 Å². The van der Waals surface area contributed by atoms with E-state index in [-0.39, 0.29) is 36.3 Å². The van der Waals surface area contributed by atoms with Gasteiger partial charge in [0.1, 0.15) is 0 Å². The normalized spacial score (nSPS) is 13.8. The predicted octanol–water partition coefficient (Wildman–Crippen LogP) is 0.247. The average molecular weight is 378 g/mol. The summed E-state index contributed by atoms with van der Waals surface area (Å²) in [4.78, 5) is 4.12. The van der Waals surface area contributed by atoms with Crippen molar-refractivity contribution in [3.8, 4) is 0 Å². The van der Waals surface area contributed by atoms with Crippen LogP contribution >= 0.6 is 24.0 Å². The summed E-state index contributed by atoms with van der Waals surface area (Å²) in [7, 11) is -3.43. The molecule has 0 saturated heterocycles. The molecule has 0 fully saturated rings. The first kappa shape index (κ1) is 19.3. The molecule has 0 aliphatic heterocycles. The Morgan fingerprint density at radius 1 is 1.41 bits per heavy atom. The third kappa shape index (κ3) is 12.2. The highest BCUT2D eigenvalue weighted by Gasteiger charge is 2.04. The number of hydrogen-bond donors (Lipinski definition) is 3. The lowest BCUT2D eigenvalue weighted by molar-refractivity contribution is 0.597. The number of guanidine groups is 1. The molecule has 1 atom stereocenters. The molecule has 0 radical (unpaired) electrons. The first-order chi connectivity index (χ1) is 7.39. The molecule has 4 N–H and O–H groups in total. The van der Waals surface area contributed by atoms with Crippen molar-refractivity contribution >= 4 is 40.0 Å². The summed E-state index contributed by atoms with van der Waals surface area (Å²) in [6.45, 7) is 6.95. The quantitative estimate of drug-likeness (QED) is 0.351. The van der Waals surface area contributed by atoms with E-state index in [0.29, 0.717) is 12.0 Å². The summed E-state index contributed by atoms with van der Waals surface area (Å²) < 4.78 is 21.4. The van der Waals surface area contributed by atoms with E-state index in [1.165, 1.54) is 0 Å². The number of nitrogens with one attached hydrogen (secondary N) is 2. The lowest BCUT2D eigenvalue weighted by atomic mass is 10.3. The van der Waals surface area contributed by atoms with Crippen molar-refractivity contribution in [1.82, 2.24) is 10.6 Å². The van der Waals surface area contributed by atoms with E-state index in [4.69, 9.17) is 5.14 Å². The Labute approximate surface area is 121 Å². The maximum absolute atomic E-state index is 10.7. The van der Waals surface area contributed by atoms with Gasteiger partial charge < -0.3 is 10.6 Å². The maximum atomic E-state index is 10.7. The molecule has 0 aliphatic rings.